The summed E-state index contributed by atoms with van der Waals surface area (Å²) in [5.41, 5.74) is 7.77. The molecule has 30 heavy (non-hydrogen) atoms. The molecule has 0 radical (unpaired) electrons. The molecule has 1 unspecified atom stereocenters. The maximum atomic E-state index is 14.3. The van der Waals surface area contributed by atoms with Gasteiger partial charge in [-0.3, -0.25) is 9.78 Å². The van der Waals surface area contributed by atoms with Crippen molar-refractivity contribution in [1.82, 2.24) is 4.98 Å². The maximum Gasteiger partial charge on any atom is 0.225 e. The number of hydrogen-bond donors (Lipinski definition) is 2. The molecule has 0 saturated carbocycles. The van der Waals surface area contributed by atoms with Gasteiger partial charge in [0.05, 0.1) is 18.1 Å². The zero-order valence-electron chi connectivity index (χ0n) is 17.2. The topological polar surface area (TPSA) is 77.2 Å². The van der Waals surface area contributed by atoms with Crippen molar-refractivity contribution in [3.05, 3.63) is 58.6 Å². The second-order valence-electron chi connectivity index (χ2n) is 8.02. The number of benzene rings is 1. The molecule has 3 rings (SSSR count). The summed E-state index contributed by atoms with van der Waals surface area (Å²) in [6.07, 6.45) is 5.86. The van der Waals surface area contributed by atoms with E-state index >= 15 is 0 Å². The fourth-order valence-electron chi connectivity index (χ4n) is 3.98. The molecule has 0 spiro atoms. The van der Waals surface area contributed by atoms with Gasteiger partial charge in [-0.15, -0.1) is 0 Å². The monoisotopic (exact) mass is 433 g/mol. The number of amides is 1. The molecule has 1 aromatic carbocycles. The molecule has 0 aliphatic carbocycles. The maximum absolute atomic E-state index is 14.3. The largest absolute Gasteiger partial charge is 0.381 e. The minimum Gasteiger partial charge on any atom is -0.381 e. The van der Waals surface area contributed by atoms with Gasteiger partial charge < -0.3 is 15.8 Å². The molecule has 1 aliphatic heterocycles. The first-order valence-electron chi connectivity index (χ1n) is 10.4. The van der Waals surface area contributed by atoms with E-state index in [9.17, 15) is 9.18 Å². The van der Waals surface area contributed by atoms with Crippen molar-refractivity contribution in [3.8, 4) is 0 Å². The Morgan fingerprint density at radius 3 is 2.67 bits per heavy atom. The number of nitrogens with zero attached hydrogens (tertiary/aromatic N) is 1. The van der Waals surface area contributed by atoms with Gasteiger partial charge in [-0.1, -0.05) is 23.7 Å². The highest BCUT2D eigenvalue weighted by Gasteiger charge is 2.28. The average molecular weight is 434 g/mol. The van der Waals surface area contributed by atoms with Crippen LogP contribution in [0.3, 0.4) is 0 Å². The number of carbonyl (C=O) groups excluding carboxylic acids is 1. The smallest absolute Gasteiger partial charge is 0.225 e. The van der Waals surface area contributed by atoms with E-state index in [2.05, 4.69) is 10.3 Å². The Balaban J connectivity index is 1.76. The van der Waals surface area contributed by atoms with Gasteiger partial charge in [0.2, 0.25) is 5.91 Å². The summed E-state index contributed by atoms with van der Waals surface area (Å²) in [6.45, 7) is 3.28. The van der Waals surface area contributed by atoms with Crippen molar-refractivity contribution in [1.29, 1.82) is 0 Å². The fraction of sp³-hybridized carbons (Fsp3) is 0.478. The van der Waals surface area contributed by atoms with Gasteiger partial charge in [0.15, 0.2) is 0 Å². The van der Waals surface area contributed by atoms with Crippen LogP contribution in [0.25, 0.3) is 0 Å². The number of nitrogens with one attached hydrogen (secondary N) is 1. The molecule has 2 aromatic rings. The van der Waals surface area contributed by atoms with Gasteiger partial charge in [0.25, 0.3) is 0 Å². The lowest BCUT2D eigenvalue weighted by Crippen LogP contribution is -2.26. The average Bonchev–Trinajstić information content (AvgIpc) is 2.73. The molecule has 7 heteroatoms. The van der Waals surface area contributed by atoms with Crippen molar-refractivity contribution in [2.24, 2.45) is 11.7 Å². The van der Waals surface area contributed by atoms with E-state index in [1.54, 1.807) is 0 Å². The van der Waals surface area contributed by atoms with E-state index in [1.165, 1.54) is 12.4 Å². The van der Waals surface area contributed by atoms with Gasteiger partial charge in [-0.25, -0.2) is 4.39 Å². The van der Waals surface area contributed by atoms with Gasteiger partial charge in [-0.05, 0) is 62.1 Å². The Hall–Kier alpha value is -2.02. The Morgan fingerprint density at radius 2 is 2.00 bits per heavy atom. The van der Waals surface area contributed by atoms with Crippen LogP contribution < -0.4 is 11.1 Å². The number of nitrogens with two attached hydrogens (primary N) is 1. The predicted octanol–water partition coefficient (Wildman–Crippen LogP) is 4.69. The van der Waals surface area contributed by atoms with E-state index < -0.39 is 5.82 Å². The summed E-state index contributed by atoms with van der Waals surface area (Å²) in [5, 5.41) is 3.55. The Labute approximate surface area is 182 Å². The predicted molar refractivity (Wildman–Crippen MR) is 117 cm³/mol. The minimum atomic E-state index is -0.424. The van der Waals surface area contributed by atoms with Crippen molar-refractivity contribution >= 4 is 23.2 Å². The molecular weight excluding hydrogens is 405 g/mol. The highest BCUT2D eigenvalue weighted by atomic mass is 35.5. The van der Waals surface area contributed by atoms with E-state index in [-0.39, 0.29) is 17.9 Å². The quantitative estimate of drug-likeness (QED) is 0.632. The summed E-state index contributed by atoms with van der Waals surface area (Å²) in [5.74, 6) is -0.197. The Morgan fingerprint density at radius 1 is 1.30 bits per heavy atom. The van der Waals surface area contributed by atoms with E-state index in [0.717, 1.165) is 18.4 Å². The van der Waals surface area contributed by atoms with Gasteiger partial charge in [0, 0.05) is 36.3 Å². The molecule has 1 amide bonds. The summed E-state index contributed by atoms with van der Waals surface area (Å²) < 4.78 is 19.8. The van der Waals surface area contributed by atoms with E-state index in [0.29, 0.717) is 54.7 Å². The third-order valence-corrected chi connectivity index (χ3v) is 5.92. The summed E-state index contributed by atoms with van der Waals surface area (Å²) in [4.78, 5) is 16.9. The first kappa shape index (κ1) is 22.7. The summed E-state index contributed by atoms with van der Waals surface area (Å²) >= 11 is 6.05. The molecule has 1 fully saturated rings. The van der Waals surface area contributed by atoms with Crippen LogP contribution >= 0.6 is 11.6 Å². The SMILES string of the molecule is C[C@@H](N)CCc1c(F)cncc1NC(=O)CC(c1ccc(Cl)cc1)C1CCOCC1. The normalized spacial score (nSPS) is 16.8. The van der Waals surface area contributed by atoms with Crippen LogP contribution in [0, 0.1) is 11.7 Å². The van der Waals surface area contributed by atoms with Gasteiger partial charge >= 0.3 is 0 Å². The van der Waals surface area contributed by atoms with Crippen LogP contribution in [-0.2, 0) is 16.0 Å². The second kappa shape index (κ2) is 10.8. The lowest BCUT2D eigenvalue weighted by molar-refractivity contribution is -0.117. The number of aromatic nitrogens is 1. The van der Waals surface area contributed by atoms with Crippen LogP contribution in [0.2, 0.25) is 5.02 Å². The molecule has 0 bridgehead atoms. The summed E-state index contributed by atoms with van der Waals surface area (Å²) in [7, 11) is 0. The first-order chi connectivity index (χ1) is 14.4. The third kappa shape index (κ3) is 6.24. The fourth-order valence-corrected chi connectivity index (χ4v) is 4.11. The zero-order valence-corrected chi connectivity index (χ0v) is 18.0. The summed E-state index contributed by atoms with van der Waals surface area (Å²) in [6, 6.07) is 7.61. The number of hydrogen-bond acceptors (Lipinski definition) is 4. The van der Waals surface area contributed by atoms with Crippen molar-refractivity contribution in [3.63, 3.8) is 0 Å². The second-order valence-corrected chi connectivity index (χ2v) is 8.46. The number of pyridine rings is 1. The molecule has 3 N–H and O–H groups in total. The van der Waals surface area contributed by atoms with Gasteiger partial charge in [-0.2, -0.15) is 0 Å². The van der Waals surface area contributed by atoms with Gasteiger partial charge in [0.1, 0.15) is 5.82 Å². The van der Waals surface area contributed by atoms with Crippen LogP contribution in [0.15, 0.2) is 36.7 Å². The van der Waals surface area contributed by atoms with E-state index in [1.807, 2.05) is 31.2 Å². The highest BCUT2D eigenvalue weighted by molar-refractivity contribution is 6.30. The zero-order chi connectivity index (χ0) is 21.5. The van der Waals surface area contributed by atoms with Crippen LogP contribution in [0.1, 0.15) is 49.7 Å². The highest BCUT2D eigenvalue weighted by Crippen LogP contribution is 2.35. The lowest BCUT2D eigenvalue weighted by atomic mass is 9.79. The van der Waals surface area contributed by atoms with Crippen molar-refractivity contribution in [2.45, 2.75) is 51.0 Å². The molecule has 5 nitrogen and oxygen atoms in total. The number of carbonyl (C=O) groups is 1. The Bertz CT molecular complexity index is 839. The number of ether oxygens (including phenoxy) is 1. The third-order valence-electron chi connectivity index (χ3n) is 5.67. The number of rotatable bonds is 8. The molecule has 2 heterocycles. The molecule has 1 aromatic heterocycles. The molecule has 1 saturated heterocycles. The van der Waals surface area contributed by atoms with E-state index in [4.69, 9.17) is 22.1 Å². The van der Waals surface area contributed by atoms with Crippen LogP contribution in [0.5, 0.6) is 0 Å². The lowest BCUT2D eigenvalue weighted by Gasteiger charge is -2.30. The standard InChI is InChI=1S/C23H29ClFN3O2/c1-15(26)2-7-19-21(25)13-27-14-22(19)28-23(29)12-20(17-8-10-30-11-9-17)16-3-5-18(24)6-4-16/h3-6,13-15,17,20H,2,7-12,26H2,1H3,(H,28,29)/t15-,20?/m1/s1. The molecule has 1 aliphatic rings. The molecule has 162 valence electrons. The van der Waals surface area contributed by atoms with Crippen LogP contribution in [-0.4, -0.2) is 30.1 Å². The number of halogens is 2. The van der Waals surface area contributed by atoms with Crippen LogP contribution in [0.4, 0.5) is 10.1 Å². The first-order valence-corrected chi connectivity index (χ1v) is 10.8. The number of anilines is 1. The minimum absolute atomic E-state index is 0.0419. The van der Waals surface area contributed by atoms with Crippen molar-refractivity contribution in [2.75, 3.05) is 18.5 Å². The molecule has 2 atom stereocenters. The van der Waals surface area contributed by atoms with Crippen molar-refractivity contribution < 1.29 is 13.9 Å². The molecular formula is C23H29ClFN3O2. The Kier molecular flexibility index (Phi) is 8.19.